The predicted molar refractivity (Wildman–Crippen MR) is 79.0 cm³/mol. The first-order valence-electron chi connectivity index (χ1n) is 5.56. The average molecular weight is 429 g/mol. The van der Waals surface area contributed by atoms with Gasteiger partial charge in [-0.1, -0.05) is 11.6 Å². The fraction of sp³-hybridized carbons (Fsp3) is 0.0714. The topological polar surface area (TPSA) is 17.1 Å². The standard InChI is InChI=1S/C14H6ClF4IO/c15-8-2-4-12(20)9(6-8)13(21)7-1-3-11(16)10(5-7)14(17,18)19/h1-6H. The molecule has 0 atom stereocenters. The van der Waals surface area contributed by atoms with Crippen molar-refractivity contribution < 1.29 is 22.4 Å². The summed E-state index contributed by atoms with van der Waals surface area (Å²) < 4.78 is 51.8. The van der Waals surface area contributed by atoms with Crippen molar-refractivity contribution in [2.75, 3.05) is 0 Å². The van der Waals surface area contributed by atoms with Crippen LogP contribution in [0.2, 0.25) is 5.02 Å². The molecule has 0 radical (unpaired) electrons. The number of halogens is 6. The zero-order valence-corrected chi connectivity index (χ0v) is 13.1. The fourth-order valence-corrected chi connectivity index (χ4v) is 2.46. The molecular formula is C14H6ClF4IO. The molecule has 0 aliphatic carbocycles. The van der Waals surface area contributed by atoms with Crippen molar-refractivity contribution in [3.63, 3.8) is 0 Å². The molecule has 0 fully saturated rings. The van der Waals surface area contributed by atoms with Crippen molar-refractivity contribution in [1.29, 1.82) is 0 Å². The van der Waals surface area contributed by atoms with Gasteiger partial charge >= 0.3 is 6.18 Å². The lowest BCUT2D eigenvalue weighted by Crippen LogP contribution is -2.11. The molecule has 0 aromatic heterocycles. The van der Waals surface area contributed by atoms with Crippen LogP contribution in [0, 0.1) is 9.39 Å². The Labute approximate surface area is 136 Å². The summed E-state index contributed by atoms with van der Waals surface area (Å²) >= 11 is 7.66. The summed E-state index contributed by atoms with van der Waals surface area (Å²) in [6.07, 6.45) is -4.86. The van der Waals surface area contributed by atoms with Gasteiger partial charge in [0.1, 0.15) is 5.82 Å². The molecule has 2 rings (SSSR count). The van der Waals surface area contributed by atoms with Crippen LogP contribution in [0.1, 0.15) is 21.5 Å². The van der Waals surface area contributed by atoms with Crippen LogP contribution in [-0.4, -0.2) is 5.78 Å². The Hall–Kier alpha value is -1.15. The van der Waals surface area contributed by atoms with Crippen LogP contribution >= 0.6 is 34.2 Å². The normalized spacial score (nSPS) is 11.5. The van der Waals surface area contributed by atoms with Crippen molar-refractivity contribution in [2.24, 2.45) is 0 Å². The van der Waals surface area contributed by atoms with Gasteiger partial charge in [-0.3, -0.25) is 4.79 Å². The first-order valence-corrected chi connectivity index (χ1v) is 7.02. The smallest absolute Gasteiger partial charge is 0.289 e. The van der Waals surface area contributed by atoms with Crippen LogP contribution in [-0.2, 0) is 6.18 Å². The number of carbonyl (C=O) groups excluding carboxylic acids is 1. The van der Waals surface area contributed by atoms with E-state index in [9.17, 15) is 22.4 Å². The second kappa shape index (κ2) is 5.92. The maximum atomic E-state index is 13.2. The first kappa shape index (κ1) is 16.2. The molecule has 0 heterocycles. The van der Waals surface area contributed by atoms with Crippen LogP contribution in [0.3, 0.4) is 0 Å². The molecule has 110 valence electrons. The van der Waals surface area contributed by atoms with Gasteiger partial charge in [0.15, 0.2) is 5.78 Å². The van der Waals surface area contributed by atoms with Crippen molar-refractivity contribution in [2.45, 2.75) is 6.18 Å². The van der Waals surface area contributed by atoms with E-state index in [4.69, 9.17) is 11.6 Å². The van der Waals surface area contributed by atoms with Gasteiger partial charge in [0.2, 0.25) is 0 Å². The quantitative estimate of drug-likeness (QED) is 0.359. The lowest BCUT2D eigenvalue weighted by Gasteiger charge is -2.10. The second-order valence-electron chi connectivity index (χ2n) is 4.15. The molecule has 0 amide bonds. The summed E-state index contributed by atoms with van der Waals surface area (Å²) in [6, 6.07) is 6.66. The average Bonchev–Trinajstić information content (AvgIpc) is 2.40. The van der Waals surface area contributed by atoms with Crippen LogP contribution in [0.4, 0.5) is 17.6 Å². The number of rotatable bonds is 2. The molecule has 0 spiro atoms. The third-order valence-corrected chi connectivity index (χ3v) is 3.88. The summed E-state index contributed by atoms with van der Waals surface area (Å²) in [5, 5.41) is 0.289. The number of carbonyl (C=O) groups is 1. The number of hydrogen-bond donors (Lipinski definition) is 0. The van der Waals surface area contributed by atoms with Crippen molar-refractivity contribution in [1.82, 2.24) is 0 Å². The molecule has 2 aromatic carbocycles. The SMILES string of the molecule is O=C(c1ccc(F)c(C(F)(F)F)c1)c1cc(Cl)ccc1I. The van der Waals surface area contributed by atoms with Crippen LogP contribution in [0.25, 0.3) is 0 Å². The number of benzene rings is 2. The van der Waals surface area contributed by atoms with Gasteiger partial charge in [-0.15, -0.1) is 0 Å². The zero-order valence-electron chi connectivity index (χ0n) is 10.1. The van der Waals surface area contributed by atoms with Gasteiger partial charge in [0.25, 0.3) is 0 Å². The summed E-state index contributed by atoms with van der Waals surface area (Å²) in [5.41, 5.74) is -1.54. The maximum absolute atomic E-state index is 13.2. The Bertz CT molecular complexity index is 713. The van der Waals surface area contributed by atoms with Gasteiger partial charge in [0, 0.05) is 19.7 Å². The van der Waals surface area contributed by atoms with E-state index in [1.54, 1.807) is 12.1 Å². The van der Waals surface area contributed by atoms with Gasteiger partial charge in [-0.2, -0.15) is 13.2 Å². The Kier molecular flexibility index (Phi) is 4.57. The minimum absolute atomic E-state index is 0.169. The van der Waals surface area contributed by atoms with E-state index in [-0.39, 0.29) is 16.1 Å². The lowest BCUT2D eigenvalue weighted by molar-refractivity contribution is -0.140. The molecule has 1 nitrogen and oxygen atoms in total. The highest BCUT2D eigenvalue weighted by Gasteiger charge is 2.34. The fourth-order valence-electron chi connectivity index (χ4n) is 1.71. The summed E-state index contributed by atoms with van der Waals surface area (Å²) in [5.74, 6) is -2.06. The third-order valence-electron chi connectivity index (χ3n) is 2.71. The van der Waals surface area contributed by atoms with Crippen LogP contribution in [0.15, 0.2) is 36.4 Å². The van der Waals surface area contributed by atoms with Crippen molar-refractivity contribution in [3.05, 3.63) is 67.5 Å². The first-order chi connectivity index (χ1) is 9.70. The highest BCUT2D eigenvalue weighted by Crippen LogP contribution is 2.32. The highest BCUT2D eigenvalue weighted by molar-refractivity contribution is 14.1. The summed E-state index contributed by atoms with van der Waals surface area (Å²) in [7, 11) is 0. The number of alkyl halides is 3. The Morgan fingerprint density at radius 1 is 1.10 bits per heavy atom. The Morgan fingerprint density at radius 3 is 2.38 bits per heavy atom. The zero-order chi connectivity index (χ0) is 15.8. The van der Waals surface area contributed by atoms with E-state index in [1.807, 2.05) is 22.6 Å². The van der Waals surface area contributed by atoms with E-state index in [1.165, 1.54) is 6.07 Å². The highest BCUT2D eigenvalue weighted by atomic mass is 127. The molecule has 0 N–H and O–H groups in total. The van der Waals surface area contributed by atoms with Gasteiger partial charge in [-0.05, 0) is 59.0 Å². The molecule has 0 aliphatic rings. The second-order valence-corrected chi connectivity index (χ2v) is 5.74. The molecule has 2 aromatic rings. The van der Waals surface area contributed by atoms with Gasteiger partial charge in [-0.25, -0.2) is 4.39 Å². The number of ketones is 1. The largest absolute Gasteiger partial charge is 0.419 e. The molecule has 7 heteroatoms. The minimum atomic E-state index is -4.86. The molecule has 0 aliphatic heterocycles. The lowest BCUT2D eigenvalue weighted by atomic mass is 10.0. The van der Waals surface area contributed by atoms with E-state index in [0.29, 0.717) is 15.7 Å². The molecule has 0 saturated carbocycles. The maximum Gasteiger partial charge on any atom is 0.419 e. The van der Waals surface area contributed by atoms with E-state index < -0.39 is 23.3 Å². The Morgan fingerprint density at radius 2 is 1.76 bits per heavy atom. The molecule has 0 bridgehead atoms. The van der Waals surface area contributed by atoms with E-state index in [2.05, 4.69) is 0 Å². The van der Waals surface area contributed by atoms with Crippen LogP contribution < -0.4 is 0 Å². The minimum Gasteiger partial charge on any atom is -0.289 e. The third kappa shape index (κ3) is 3.55. The van der Waals surface area contributed by atoms with E-state index >= 15 is 0 Å². The molecule has 0 saturated heterocycles. The van der Waals surface area contributed by atoms with E-state index in [0.717, 1.165) is 6.07 Å². The monoisotopic (exact) mass is 428 g/mol. The molecule has 21 heavy (non-hydrogen) atoms. The van der Waals surface area contributed by atoms with Crippen LogP contribution in [0.5, 0.6) is 0 Å². The molecule has 0 unspecified atom stereocenters. The summed E-state index contributed by atoms with van der Waals surface area (Å²) in [4.78, 5) is 12.3. The molecular weight excluding hydrogens is 423 g/mol. The van der Waals surface area contributed by atoms with Gasteiger partial charge in [0.05, 0.1) is 5.56 Å². The van der Waals surface area contributed by atoms with Crippen molar-refractivity contribution >= 4 is 40.0 Å². The Balaban J connectivity index is 2.52. The summed E-state index contributed by atoms with van der Waals surface area (Å²) in [6.45, 7) is 0. The predicted octanol–water partition coefficient (Wildman–Crippen LogP) is 5.33. The van der Waals surface area contributed by atoms with Crippen molar-refractivity contribution in [3.8, 4) is 0 Å². The number of hydrogen-bond acceptors (Lipinski definition) is 1. The van der Waals surface area contributed by atoms with Gasteiger partial charge < -0.3 is 0 Å².